The first-order chi connectivity index (χ1) is 15.0. The quantitative estimate of drug-likeness (QED) is 0.574. The number of hydrogen-bond acceptors (Lipinski definition) is 8. The van der Waals surface area contributed by atoms with Crippen molar-refractivity contribution in [2.75, 3.05) is 31.7 Å². The van der Waals surface area contributed by atoms with Gasteiger partial charge in [0.15, 0.2) is 5.78 Å². The van der Waals surface area contributed by atoms with Gasteiger partial charge in [-0.25, -0.2) is 15.0 Å². The van der Waals surface area contributed by atoms with Gasteiger partial charge in [-0.2, -0.15) is 0 Å². The summed E-state index contributed by atoms with van der Waals surface area (Å²) in [5.41, 5.74) is 2.24. The van der Waals surface area contributed by atoms with E-state index in [1.165, 1.54) is 17.0 Å². The van der Waals surface area contributed by atoms with Crippen molar-refractivity contribution in [2.45, 2.75) is 13.0 Å². The van der Waals surface area contributed by atoms with E-state index in [4.69, 9.17) is 9.47 Å². The lowest BCUT2D eigenvalue weighted by Gasteiger charge is -2.33. The molecule has 0 N–H and O–H groups in total. The van der Waals surface area contributed by atoms with E-state index in [9.17, 15) is 9.59 Å². The summed E-state index contributed by atoms with van der Waals surface area (Å²) in [5, 5.41) is 0. The van der Waals surface area contributed by atoms with Gasteiger partial charge in [-0.1, -0.05) is 0 Å². The molecule has 4 rings (SSSR count). The molecule has 3 aromatic rings. The number of carbonyl (C=O) groups excluding carboxylic acids is 1. The molecule has 1 atom stereocenters. The minimum atomic E-state index is -0.666. The van der Waals surface area contributed by atoms with E-state index in [1.807, 2.05) is 11.8 Å². The van der Waals surface area contributed by atoms with Gasteiger partial charge in [-0.3, -0.25) is 14.2 Å². The highest BCUT2D eigenvalue weighted by atomic mass is 16.5. The molecule has 160 valence electrons. The van der Waals surface area contributed by atoms with Crippen LogP contribution in [-0.2, 0) is 11.8 Å². The van der Waals surface area contributed by atoms with Gasteiger partial charge < -0.3 is 14.4 Å². The predicted octanol–water partition coefficient (Wildman–Crippen LogP) is 1.64. The first-order valence-electron chi connectivity index (χ1n) is 9.88. The van der Waals surface area contributed by atoms with Crippen LogP contribution in [0.1, 0.15) is 15.9 Å². The molecule has 1 aliphatic heterocycles. The van der Waals surface area contributed by atoms with E-state index in [-0.39, 0.29) is 17.9 Å². The molecule has 2 aromatic heterocycles. The van der Waals surface area contributed by atoms with Crippen LogP contribution in [0.15, 0.2) is 47.7 Å². The van der Waals surface area contributed by atoms with Crippen LogP contribution >= 0.6 is 0 Å². The van der Waals surface area contributed by atoms with Gasteiger partial charge in [0.05, 0.1) is 31.6 Å². The number of aryl methyl sites for hydroxylation is 1. The van der Waals surface area contributed by atoms with Crippen LogP contribution in [0, 0.1) is 6.92 Å². The first kappa shape index (κ1) is 20.7. The molecule has 31 heavy (non-hydrogen) atoms. The Morgan fingerprint density at radius 1 is 1.23 bits per heavy atom. The highest BCUT2D eigenvalue weighted by Gasteiger charge is 2.30. The average Bonchev–Trinajstić information content (AvgIpc) is 2.81. The zero-order valence-corrected chi connectivity index (χ0v) is 17.6. The van der Waals surface area contributed by atoms with Crippen molar-refractivity contribution < 1.29 is 14.3 Å². The molecule has 1 saturated heterocycles. The van der Waals surface area contributed by atoms with Gasteiger partial charge in [0.25, 0.3) is 5.56 Å². The van der Waals surface area contributed by atoms with Crippen LogP contribution in [0.25, 0.3) is 11.4 Å². The van der Waals surface area contributed by atoms with Crippen molar-refractivity contribution in [1.29, 1.82) is 0 Å². The van der Waals surface area contributed by atoms with Gasteiger partial charge in [-0.05, 0) is 36.8 Å². The second-order valence-corrected chi connectivity index (χ2v) is 7.29. The fourth-order valence-electron chi connectivity index (χ4n) is 3.59. The Hall–Kier alpha value is -3.59. The van der Waals surface area contributed by atoms with Crippen molar-refractivity contribution in [2.24, 2.45) is 7.05 Å². The fraction of sp³-hybridized carbons (Fsp3) is 0.318. The number of rotatable bonds is 5. The number of ketones is 1. The SMILES string of the molecule is COc1ccc(C(=O)C2CN(c3nc(-c4ccncn4)cc(=O)n3C)CCO2)cc1C. The maximum atomic E-state index is 13.1. The van der Waals surface area contributed by atoms with Crippen LogP contribution in [0.3, 0.4) is 0 Å². The summed E-state index contributed by atoms with van der Waals surface area (Å²) < 4.78 is 12.5. The first-order valence-corrected chi connectivity index (χ1v) is 9.88. The molecule has 3 heterocycles. The Morgan fingerprint density at radius 3 is 2.77 bits per heavy atom. The van der Waals surface area contributed by atoms with Crippen LogP contribution in [-0.4, -0.2) is 58.2 Å². The standard InChI is InChI=1S/C22H23N5O4/c1-14-10-15(4-5-18(14)30-3)21(29)19-12-27(8-9-31-19)22-25-17(11-20(28)26(22)2)16-6-7-23-13-24-16/h4-7,10-11,13,19H,8-9,12H2,1-3H3. The molecule has 1 unspecified atom stereocenters. The zero-order chi connectivity index (χ0) is 22.0. The Kier molecular flexibility index (Phi) is 5.77. The molecule has 0 aliphatic carbocycles. The fourth-order valence-corrected chi connectivity index (χ4v) is 3.59. The summed E-state index contributed by atoms with van der Waals surface area (Å²) in [7, 11) is 3.26. The van der Waals surface area contributed by atoms with Gasteiger partial charge in [0, 0.05) is 31.4 Å². The van der Waals surface area contributed by atoms with Gasteiger partial charge in [0.1, 0.15) is 18.2 Å². The monoisotopic (exact) mass is 421 g/mol. The molecule has 0 bridgehead atoms. The third-order valence-electron chi connectivity index (χ3n) is 5.28. The van der Waals surface area contributed by atoms with Gasteiger partial charge >= 0.3 is 0 Å². The van der Waals surface area contributed by atoms with Gasteiger partial charge in [0.2, 0.25) is 5.95 Å². The summed E-state index contributed by atoms with van der Waals surface area (Å²) in [6.45, 7) is 3.04. The number of ether oxygens (including phenoxy) is 2. The normalized spacial score (nSPS) is 16.2. The van der Waals surface area contributed by atoms with E-state index in [2.05, 4.69) is 15.0 Å². The number of anilines is 1. The summed E-state index contributed by atoms with van der Waals surface area (Å²) in [6, 6.07) is 8.45. The number of hydrogen-bond donors (Lipinski definition) is 0. The van der Waals surface area contributed by atoms with Crippen molar-refractivity contribution in [3.8, 4) is 17.1 Å². The molecule has 1 fully saturated rings. The molecule has 0 radical (unpaired) electrons. The number of Topliss-reactive ketones (excluding diaryl/α,β-unsaturated/α-hetero) is 1. The third kappa shape index (κ3) is 4.17. The molecule has 0 spiro atoms. The van der Waals surface area contributed by atoms with Crippen LogP contribution in [0.2, 0.25) is 0 Å². The molecule has 0 saturated carbocycles. The molecule has 1 aliphatic rings. The highest BCUT2D eigenvalue weighted by molar-refractivity contribution is 6.00. The maximum absolute atomic E-state index is 13.1. The molecule has 9 nitrogen and oxygen atoms in total. The smallest absolute Gasteiger partial charge is 0.255 e. The van der Waals surface area contributed by atoms with Crippen LogP contribution < -0.4 is 15.2 Å². The van der Waals surface area contributed by atoms with E-state index in [1.54, 1.807) is 44.6 Å². The molecular weight excluding hydrogens is 398 g/mol. The minimum absolute atomic E-state index is 0.118. The number of morpholine rings is 1. The molecule has 1 aromatic carbocycles. The van der Waals surface area contributed by atoms with Crippen molar-refractivity contribution in [1.82, 2.24) is 19.5 Å². The largest absolute Gasteiger partial charge is 0.496 e. The minimum Gasteiger partial charge on any atom is -0.496 e. The zero-order valence-electron chi connectivity index (χ0n) is 17.6. The lowest BCUT2D eigenvalue weighted by atomic mass is 10.0. The predicted molar refractivity (Wildman–Crippen MR) is 115 cm³/mol. The van der Waals surface area contributed by atoms with Crippen LogP contribution in [0.4, 0.5) is 5.95 Å². The number of benzene rings is 1. The summed E-state index contributed by atoms with van der Waals surface area (Å²) >= 11 is 0. The Bertz CT molecular complexity index is 1160. The number of carbonyl (C=O) groups is 1. The summed E-state index contributed by atoms with van der Waals surface area (Å²) in [4.78, 5) is 40.3. The van der Waals surface area contributed by atoms with Crippen LogP contribution in [0.5, 0.6) is 5.75 Å². The second kappa shape index (κ2) is 8.65. The van der Waals surface area contributed by atoms with E-state index < -0.39 is 6.10 Å². The van der Waals surface area contributed by atoms with Gasteiger partial charge in [-0.15, -0.1) is 0 Å². The van der Waals surface area contributed by atoms with Crippen molar-refractivity contribution >= 4 is 11.7 Å². The molecule has 0 amide bonds. The molecular formula is C22H23N5O4. The Morgan fingerprint density at radius 2 is 2.06 bits per heavy atom. The number of nitrogens with zero attached hydrogens (tertiary/aromatic N) is 5. The molecule has 9 heteroatoms. The van der Waals surface area contributed by atoms with E-state index in [0.717, 1.165) is 11.3 Å². The number of methoxy groups -OCH3 is 1. The third-order valence-corrected chi connectivity index (χ3v) is 5.28. The maximum Gasteiger partial charge on any atom is 0.255 e. The number of aromatic nitrogens is 4. The Labute approximate surface area is 179 Å². The average molecular weight is 421 g/mol. The lowest BCUT2D eigenvalue weighted by molar-refractivity contribution is 0.0336. The summed E-state index contributed by atoms with van der Waals surface area (Å²) in [6.07, 6.45) is 2.34. The lowest BCUT2D eigenvalue weighted by Crippen LogP contribution is -2.48. The second-order valence-electron chi connectivity index (χ2n) is 7.29. The van der Waals surface area contributed by atoms with E-state index in [0.29, 0.717) is 36.1 Å². The highest BCUT2D eigenvalue weighted by Crippen LogP contribution is 2.23. The van der Waals surface area contributed by atoms with Crippen molar-refractivity contribution in [3.05, 3.63) is 64.3 Å². The van der Waals surface area contributed by atoms with Crippen molar-refractivity contribution in [3.63, 3.8) is 0 Å². The summed E-state index contributed by atoms with van der Waals surface area (Å²) in [5.74, 6) is 1.07. The topological polar surface area (TPSA) is 99.4 Å². The van der Waals surface area contributed by atoms with E-state index >= 15 is 0 Å². The Balaban J connectivity index is 1.61.